The average Bonchev–Trinajstić information content (AvgIpc) is 2.87. The molecule has 1 amide bonds. The molecule has 0 aliphatic carbocycles. The number of carbonyl (C=O) groups is 1. The van der Waals surface area contributed by atoms with E-state index in [1.165, 1.54) is 24.3 Å². The van der Waals surface area contributed by atoms with Gasteiger partial charge in [0.05, 0.1) is 6.61 Å². The summed E-state index contributed by atoms with van der Waals surface area (Å²) in [7, 11) is -0.896. The van der Waals surface area contributed by atoms with E-state index in [0.717, 1.165) is 16.6 Å². The number of hydrogen-bond donors (Lipinski definition) is 2. The van der Waals surface area contributed by atoms with Crippen LogP contribution in [0.5, 0.6) is 0 Å². The Hall–Kier alpha value is -2.18. The van der Waals surface area contributed by atoms with Crippen LogP contribution in [0.3, 0.4) is 0 Å². The van der Waals surface area contributed by atoms with E-state index in [2.05, 4.69) is 5.32 Å². The van der Waals surface area contributed by atoms with Gasteiger partial charge in [-0.1, -0.05) is 18.2 Å². The van der Waals surface area contributed by atoms with Crippen LogP contribution in [-0.4, -0.2) is 18.0 Å². The monoisotopic (exact) mass is 285 g/mol. The number of fused-ring (bicyclic) bond motifs is 1. The third-order valence-corrected chi connectivity index (χ3v) is 3.43. The zero-order valence-corrected chi connectivity index (χ0v) is 11.2. The highest BCUT2D eigenvalue weighted by atomic mass is 19.1. The largest absolute Gasteiger partial charge is 0.491 e. The molecule has 3 rings (SSSR count). The normalized spacial score (nSPS) is 13.1. The summed E-state index contributed by atoms with van der Waals surface area (Å²) in [5, 5.41) is 12.4. The summed E-state index contributed by atoms with van der Waals surface area (Å²) >= 11 is 0. The number of amides is 1. The smallest absolute Gasteiger partial charge is 0.423 e. The van der Waals surface area contributed by atoms with Crippen LogP contribution in [0.2, 0.25) is 0 Å². The lowest BCUT2D eigenvalue weighted by Gasteiger charge is -2.07. The van der Waals surface area contributed by atoms with Gasteiger partial charge in [0.2, 0.25) is 0 Å². The van der Waals surface area contributed by atoms with Gasteiger partial charge >= 0.3 is 7.12 Å². The molecule has 1 aliphatic heterocycles. The Bertz CT molecular complexity index is 675. The molecule has 0 radical (unpaired) electrons. The number of benzene rings is 2. The summed E-state index contributed by atoms with van der Waals surface area (Å²) in [5.41, 5.74) is 2.97. The van der Waals surface area contributed by atoms with E-state index in [0.29, 0.717) is 18.7 Å². The van der Waals surface area contributed by atoms with Gasteiger partial charge in [0, 0.05) is 12.1 Å². The molecule has 2 aromatic carbocycles. The minimum atomic E-state index is -0.896. The number of rotatable bonds is 3. The average molecular weight is 285 g/mol. The Morgan fingerprint density at radius 1 is 1.29 bits per heavy atom. The maximum atomic E-state index is 12.8. The first kappa shape index (κ1) is 13.8. The maximum Gasteiger partial charge on any atom is 0.491 e. The molecule has 0 saturated heterocycles. The maximum absolute atomic E-state index is 12.8. The predicted octanol–water partition coefficient (Wildman–Crippen LogP) is 0.973. The van der Waals surface area contributed by atoms with Crippen molar-refractivity contribution in [1.82, 2.24) is 5.32 Å². The Morgan fingerprint density at radius 3 is 2.81 bits per heavy atom. The van der Waals surface area contributed by atoms with Crippen LogP contribution in [0.1, 0.15) is 21.5 Å². The van der Waals surface area contributed by atoms with Crippen molar-refractivity contribution in [2.45, 2.75) is 13.2 Å². The summed E-state index contributed by atoms with van der Waals surface area (Å²) in [6.45, 7) is 0.731. The van der Waals surface area contributed by atoms with Crippen LogP contribution < -0.4 is 10.8 Å². The van der Waals surface area contributed by atoms with E-state index in [-0.39, 0.29) is 11.7 Å². The summed E-state index contributed by atoms with van der Waals surface area (Å²) in [5.74, 6) is -0.647. The molecule has 21 heavy (non-hydrogen) atoms. The predicted molar refractivity (Wildman–Crippen MR) is 76.4 cm³/mol. The Morgan fingerprint density at radius 2 is 2.05 bits per heavy atom. The van der Waals surface area contributed by atoms with E-state index in [4.69, 9.17) is 4.65 Å². The minimum Gasteiger partial charge on any atom is -0.423 e. The second-order valence-electron chi connectivity index (χ2n) is 4.89. The van der Waals surface area contributed by atoms with Crippen molar-refractivity contribution in [3.63, 3.8) is 0 Å². The number of carbonyl (C=O) groups excluding carboxylic acids is 1. The lowest BCUT2D eigenvalue weighted by molar-refractivity contribution is 0.0951. The van der Waals surface area contributed by atoms with Crippen molar-refractivity contribution in [2.75, 3.05) is 0 Å². The molecule has 1 heterocycles. The fraction of sp³-hybridized carbons (Fsp3) is 0.133. The molecule has 0 aromatic heterocycles. The van der Waals surface area contributed by atoms with Crippen LogP contribution in [0.15, 0.2) is 42.5 Å². The van der Waals surface area contributed by atoms with Gasteiger partial charge in [0.15, 0.2) is 0 Å². The zero-order valence-electron chi connectivity index (χ0n) is 11.2. The van der Waals surface area contributed by atoms with Crippen molar-refractivity contribution in [3.05, 3.63) is 65.0 Å². The lowest BCUT2D eigenvalue weighted by Crippen LogP contribution is -2.29. The van der Waals surface area contributed by atoms with Gasteiger partial charge in [-0.3, -0.25) is 4.79 Å². The topological polar surface area (TPSA) is 58.6 Å². The van der Waals surface area contributed by atoms with Gasteiger partial charge in [-0.25, -0.2) is 4.39 Å². The highest BCUT2D eigenvalue weighted by Gasteiger charge is 2.27. The van der Waals surface area contributed by atoms with E-state index < -0.39 is 7.12 Å². The molecule has 0 unspecified atom stereocenters. The SMILES string of the molecule is O=C(NCc1ccc2c(c1)B(O)OC2)c1ccc(F)cc1. The Balaban J connectivity index is 1.66. The van der Waals surface area contributed by atoms with E-state index in [1.54, 1.807) is 0 Å². The summed E-state index contributed by atoms with van der Waals surface area (Å²) < 4.78 is 17.9. The van der Waals surface area contributed by atoms with Crippen LogP contribution in [0, 0.1) is 5.82 Å². The molecule has 2 aromatic rings. The fourth-order valence-electron chi connectivity index (χ4n) is 2.26. The van der Waals surface area contributed by atoms with Crippen molar-refractivity contribution >= 4 is 18.5 Å². The fourth-order valence-corrected chi connectivity index (χ4v) is 2.26. The molecule has 0 saturated carbocycles. The van der Waals surface area contributed by atoms with Crippen LogP contribution >= 0.6 is 0 Å². The van der Waals surface area contributed by atoms with Gasteiger partial charge in [0.1, 0.15) is 5.82 Å². The number of halogens is 1. The molecule has 1 aliphatic rings. The Kier molecular flexibility index (Phi) is 3.73. The molecule has 106 valence electrons. The van der Waals surface area contributed by atoms with Crippen LogP contribution in [0.25, 0.3) is 0 Å². The first-order chi connectivity index (χ1) is 10.1. The van der Waals surface area contributed by atoms with E-state index >= 15 is 0 Å². The molecule has 6 heteroatoms. The standard InChI is InChI=1S/C15H13BFNO3/c17-13-5-3-11(4-6-13)15(19)18-8-10-1-2-12-9-21-16(20)14(12)7-10/h1-7,20H,8-9H2,(H,18,19). The van der Waals surface area contributed by atoms with Crippen molar-refractivity contribution in [3.8, 4) is 0 Å². The first-order valence-corrected chi connectivity index (χ1v) is 6.58. The molecule has 4 nitrogen and oxygen atoms in total. The van der Waals surface area contributed by atoms with Gasteiger partial charge in [-0.2, -0.15) is 0 Å². The third-order valence-electron chi connectivity index (χ3n) is 3.43. The van der Waals surface area contributed by atoms with Gasteiger partial charge in [-0.05, 0) is 40.9 Å². The molecular formula is C15H13BFNO3. The Labute approximate surface area is 121 Å². The van der Waals surface area contributed by atoms with Gasteiger partial charge in [-0.15, -0.1) is 0 Å². The van der Waals surface area contributed by atoms with E-state index in [1.807, 2.05) is 18.2 Å². The van der Waals surface area contributed by atoms with Crippen molar-refractivity contribution in [1.29, 1.82) is 0 Å². The number of nitrogens with one attached hydrogen (secondary N) is 1. The summed E-state index contributed by atoms with van der Waals surface area (Å²) in [4.78, 5) is 11.9. The van der Waals surface area contributed by atoms with Crippen molar-refractivity contribution in [2.24, 2.45) is 0 Å². The van der Waals surface area contributed by atoms with Crippen molar-refractivity contribution < 1.29 is 18.9 Å². The van der Waals surface area contributed by atoms with Gasteiger partial charge in [0.25, 0.3) is 5.91 Å². The molecule has 2 N–H and O–H groups in total. The van der Waals surface area contributed by atoms with Gasteiger partial charge < -0.3 is 15.0 Å². The molecule has 0 spiro atoms. The highest BCUT2D eigenvalue weighted by molar-refractivity contribution is 6.61. The zero-order chi connectivity index (χ0) is 14.8. The summed E-state index contributed by atoms with van der Waals surface area (Å²) in [6, 6.07) is 10.9. The van der Waals surface area contributed by atoms with E-state index in [9.17, 15) is 14.2 Å². The molecular weight excluding hydrogens is 272 g/mol. The van der Waals surface area contributed by atoms with Crippen LogP contribution in [0.4, 0.5) is 4.39 Å². The quantitative estimate of drug-likeness (QED) is 0.826. The highest BCUT2D eigenvalue weighted by Crippen LogP contribution is 2.11. The first-order valence-electron chi connectivity index (χ1n) is 6.58. The summed E-state index contributed by atoms with van der Waals surface area (Å²) in [6.07, 6.45) is 0. The third kappa shape index (κ3) is 2.96. The molecule has 0 atom stereocenters. The second-order valence-corrected chi connectivity index (χ2v) is 4.89. The minimum absolute atomic E-state index is 0.271. The lowest BCUT2D eigenvalue weighted by atomic mass is 9.79. The number of hydrogen-bond acceptors (Lipinski definition) is 3. The molecule has 0 bridgehead atoms. The van der Waals surface area contributed by atoms with Crippen LogP contribution in [-0.2, 0) is 17.8 Å². The second kappa shape index (κ2) is 5.67. The molecule has 0 fully saturated rings.